The third-order valence-electron chi connectivity index (χ3n) is 3.23. The van der Waals surface area contributed by atoms with Crippen LogP contribution in [0.1, 0.15) is 25.8 Å². The van der Waals surface area contributed by atoms with Crippen molar-refractivity contribution in [3.8, 4) is 0 Å². The molecule has 2 rings (SSSR count). The first-order chi connectivity index (χ1) is 10.6. The number of aromatic nitrogens is 1. The van der Waals surface area contributed by atoms with Gasteiger partial charge in [-0.05, 0) is 23.9 Å². The van der Waals surface area contributed by atoms with Crippen LogP contribution in [0.2, 0.25) is 0 Å². The van der Waals surface area contributed by atoms with E-state index < -0.39 is 0 Å². The Morgan fingerprint density at radius 2 is 2.00 bits per heavy atom. The van der Waals surface area contributed by atoms with Crippen LogP contribution in [0.5, 0.6) is 0 Å². The van der Waals surface area contributed by atoms with Crippen molar-refractivity contribution in [1.29, 1.82) is 0 Å². The van der Waals surface area contributed by atoms with Crippen molar-refractivity contribution in [3.05, 3.63) is 36.0 Å². The molecule has 0 aliphatic rings. The number of rotatable bonds is 5. The number of anilines is 1. The van der Waals surface area contributed by atoms with Crippen LogP contribution in [0, 0.1) is 0 Å². The normalized spacial score (nSPS) is 10.3. The fourth-order valence-corrected chi connectivity index (χ4v) is 2.10. The summed E-state index contributed by atoms with van der Waals surface area (Å²) in [5.41, 5.74) is 0.997. The van der Waals surface area contributed by atoms with E-state index in [1.165, 1.54) is 0 Å². The molecule has 0 spiro atoms. The van der Waals surface area contributed by atoms with Gasteiger partial charge in [0, 0.05) is 31.1 Å². The molecule has 0 radical (unpaired) electrons. The van der Waals surface area contributed by atoms with Crippen LogP contribution in [0.4, 0.5) is 10.6 Å². The van der Waals surface area contributed by atoms with Crippen LogP contribution in [0.15, 0.2) is 30.5 Å². The second-order valence-electron chi connectivity index (χ2n) is 4.82. The summed E-state index contributed by atoms with van der Waals surface area (Å²) in [6.45, 7) is 4.69. The highest BCUT2D eigenvalue weighted by molar-refractivity contribution is 5.92. The highest BCUT2D eigenvalue weighted by Crippen LogP contribution is 2.20. The molecule has 0 saturated heterocycles. The molecule has 0 aliphatic carbocycles. The lowest BCUT2D eigenvalue weighted by atomic mass is 10.1. The quantitative estimate of drug-likeness (QED) is 0.793. The summed E-state index contributed by atoms with van der Waals surface area (Å²) in [6, 6.07) is 7.37. The van der Waals surface area contributed by atoms with E-state index in [-0.39, 0.29) is 11.9 Å². The molecule has 1 heterocycles. The van der Waals surface area contributed by atoms with E-state index >= 15 is 0 Å². The second-order valence-corrected chi connectivity index (χ2v) is 4.82. The van der Waals surface area contributed by atoms with E-state index in [0.29, 0.717) is 25.3 Å². The molecule has 2 aromatic rings. The molecule has 0 bridgehead atoms. The van der Waals surface area contributed by atoms with Gasteiger partial charge in [0.1, 0.15) is 5.82 Å². The topological polar surface area (TPSA) is 83.1 Å². The first kappa shape index (κ1) is 15.8. The molecule has 22 heavy (non-hydrogen) atoms. The lowest BCUT2D eigenvalue weighted by molar-refractivity contribution is -0.120. The zero-order chi connectivity index (χ0) is 15.9. The van der Waals surface area contributed by atoms with Crippen LogP contribution in [-0.4, -0.2) is 23.5 Å². The molecule has 6 heteroatoms. The van der Waals surface area contributed by atoms with Gasteiger partial charge in [-0.25, -0.2) is 9.78 Å². The van der Waals surface area contributed by atoms with Gasteiger partial charge >= 0.3 is 6.03 Å². The van der Waals surface area contributed by atoms with Crippen molar-refractivity contribution in [3.63, 3.8) is 0 Å². The zero-order valence-electron chi connectivity index (χ0n) is 12.8. The van der Waals surface area contributed by atoms with Crippen molar-refractivity contribution in [2.45, 2.75) is 26.8 Å². The summed E-state index contributed by atoms with van der Waals surface area (Å²) in [4.78, 5) is 27.1. The number of carbonyl (C=O) groups is 2. The number of hydrogen-bond acceptors (Lipinski definition) is 3. The van der Waals surface area contributed by atoms with Crippen molar-refractivity contribution in [1.82, 2.24) is 15.6 Å². The lowest BCUT2D eigenvalue weighted by Crippen LogP contribution is -2.28. The van der Waals surface area contributed by atoms with Gasteiger partial charge in [-0.1, -0.05) is 25.1 Å². The Bertz CT molecular complexity index is 685. The van der Waals surface area contributed by atoms with Gasteiger partial charge in [0.2, 0.25) is 5.91 Å². The standard InChI is InChI=1S/C16H20N4O2/c1-3-15(21)19-9-12-7-5-6-11-8-14(18-10-13(11)12)20-16(22)17-4-2/h5-8,10H,3-4,9H2,1-2H3,(H,19,21)(H2,17,18,20,22). The molecule has 0 aliphatic heterocycles. The Kier molecular flexibility index (Phi) is 5.30. The van der Waals surface area contributed by atoms with E-state index in [1.54, 1.807) is 6.20 Å². The zero-order valence-corrected chi connectivity index (χ0v) is 12.8. The number of urea groups is 1. The van der Waals surface area contributed by atoms with Crippen molar-refractivity contribution >= 4 is 28.5 Å². The van der Waals surface area contributed by atoms with Crippen LogP contribution < -0.4 is 16.0 Å². The average Bonchev–Trinajstić information content (AvgIpc) is 2.52. The van der Waals surface area contributed by atoms with Gasteiger partial charge in [-0.2, -0.15) is 0 Å². The minimum atomic E-state index is -0.277. The monoisotopic (exact) mass is 300 g/mol. The molecule has 1 aromatic carbocycles. The summed E-state index contributed by atoms with van der Waals surface area (Å²) in [5.74, 6) is 0.507. The number of pyridine rings is 1. The van der Waals surface area contributed by atoms with Crippen LogP contribution in [0.3, 0.4) is 0 Å². The summed E-state index contributed by atoms with van der Waals surface area (Å²) in [6.07, 6.45) is 2.17. The average molecular weight is 300 g/mol. The SMILES string of the molecule is CCNC(=O)Nc1cc2cccc(CNC(=O)CC)c2cn1. The molecule has 116 valence electrons. The van der Waals surface area contributed by atoms with Crippen molar-refractivity contribution in [2.75, 3.05) is 11.9 Å². The smallest absolute Gasteiger partial charge is 0.320 e. The van der Waals surface area contributed by atoms with Crippen LogP contribution >= 0.6 is 0 Å². The second kappa shape index (κ2) is 7.40. The largest absolute Gasteiger partial charge is 0.352 e. The number of carbonyl (C=O) groups excluding carboxylic acids is 2. The summed E-state index contributed by atoms with van der Waals surface area (Å²) in [7, 11) is 0. The van der Waals surface area contributed by atoms with Crippen LogP contribution in [-0.2, 0) is 11.3 Å². The summed E-state index contributed by atoms with van der Waals surface area (Å²) >= 11 is 0. The van der Waals surface area contributed by atoms with E-state index in [1.807, 2.05) is 38.1 Å². The van der Waals surface area contributed by atoms with Gasteiger partial charge in [-0.3, -0.25) is 10.1 Å². The third kappa shape index (κ3) is 3.94. The predicted octanol–water partition coefficient (Wildman–Crippen LogP) is 2.40. The fourth-order valence-electron chi connectivity index (χ4n) is 2.10. The Morgan fingerprint density at radius 3 is 2.73 bits per heavy atom. The van der Waals surface area contributed by atoms with Crippen LogP contribution in [0.25, 0.3) is 10.8 Å². The maximum absolute atomic E-state index is 11.5. The Balaban J connectivity index is 2.20. The summed E-state index contributed by atoms with van der Waals surface area (Å²) < 4.78 is 0. The molecule has 1 aromatic heterocycles. The Hall–Kier alpha value is -2.63. The number of nitrogens with one attached hydrogen (secondary N) is 3. The van der Waals surface area contributed by atoms with E-state index in [0.717, 1.165) is 16.3 Å². The van der Waals surface area contributed by atoms with Gasteiger partial charge in [0.05, 0.1) is 0 Å². The van der Waals surface area contributed by atoms with E-state index in [9.17, 15) is 9.59 Å². The summed E-state index contributed by atoms with van der Waals surface area (Å²) in [5, 5.41) is 10.1. The first-order valence-electron chi connectivity index (χ1n) is 7.33. The molecular formula is C16H20N4O2. The van der Waals surface area contributed by atoms with Crippen molar-refractivity contribution in [2.24, 2.45) is 0 Å². The maximum atomic E-state index is 11.5. The molecule has 3 amide bonds. The van der Waals surface area contributed by atoms with E-state index in [2.05, 4.69) is 20.9 Å². The molecule has 0 fully saturated rings. The van der Waals surface area contributed by atoms with E-state index in [4.69, 9.17) is 0 Å². The number of nitrogens with zero attached hydrogens (tertiary/aromatic N) is 1. The van der Waals surface area contributed by atoms with Gasteiger partial charge in [0.25, 0.3) is 0 Å². The molecule has 0 atom stereocenters. The van der Waals surface area contributed by atoms with Gasteiger partial charge in [-0.15, -0.1) is 0 Å². The van der Waals surface area contributed by atoms with Gasteiger partial charge < -0.3 is 10.6 Å². The number of hydrogen-bond donors (Lipinski definition) is 3. The highest BCUT2D eigenvalue weighted by atomic mass is 16.2. The molecular weight excluding hydrogens is 280 g/mol. The molecule has 6 nitrogen and oxygen atoms in total. The lowest BCUT2D eigenvalue weighted by Gasteiger charge is -2.10. The number of fused-ring (bicyclic) bond motifs is 1. The molecule has 0 saturated carbocycles. The van der Waals surface area contributed by atoms with Crippen molar-refractivity contribution < 1.29 is 9.59 Å². The maximum Gasteiger partial charge on any atom is 0.320 e. The number of amides is 3. The minimum absolute atomic E-state index is 0.0134. The fraction of sp³-hybridized carbons (Fsp3) is 0.312. The highest BCUT2D eigenvalue weighted by Gasteiger charge is 2.06. The third-order valence-corrected chi connectivity index (χ3v) is 3.23. The Morgan fingerprint density at radius 1 is 1.18 bits per heavy atom. The molecule has 0 unspecified atom stereocenters. The Labute approximate surface area is 129 Å². The first-order valence-corrected chi connectivity index (χ1v) is 7.33. The minimum Gasteiger partial charge on any atom is -0.352 e. The van der Waals surface area contributed by atoms with Gasteiger partial charge in [0.15, 0.2) is 0 Å². The number of benzene rings is 1. The predicted molar refractivity (Wildman–Crippen MR) is 86.6 cm³/mol. The molecule has 3 N–H and O–H groups in total.